The van der Waals surface area contributed by atoms with Crippen LogP contribution in [0.4, 0.5) is 0 Å². The van der Waals surface area contributed by atoms with Crippen LogP contribution in [0, 0.1) is 13.8 Å². The van der Waals surface area contributed by atoms with Gasteiger partial charge >= 0.3 is 0 Å². The molecule has 0 radical (unpaired) electrons. The van der Waals surface area contributed by atoms with Gasteiger partial charge in [-0.15, -0.1) is 0 Å². The minimum atomic E-state index is 0.0271. The van der Waals surface area contributed by atoms with Gasteiger partial charge in [-0.25, -0.2) is 4.98 Å². The van der Waals surface area contributed by atoms with Crippen LogP contribution < -0.4 is 5.32 Å². The van der Waals surface area contributed by atoms with Crippen molar-refractivity contribution in [2.24, 2.45) is 0 Å². The van der Waals surface area contributed by atoms with E-state index in [0.29, 0.717) is 0 Å². The van der Waals surface area contributed by atoms with Crippen LogP contribution in [0.2, 0.25) is 0 Å². The molecule has 0 spiro atoms. The number of para-hydroxylation sites is 1. The zero-order chi connectivity index (χ0) is 20.2. The topological polar surface area (TPSA) is 42.0 Å². The third-order valence-electron chi connectivity index (χ3n) is 6.20. The van der Waals surface area contributed by atoms with Gasteiger partial charge in [0, 0.05) is 17.0 Å². The lowest BCUT2D eigenvalue weighted by Crippen LogP contribution is -2.35. The number of hydrogen-bond acceptors (Lipinski definition) is 2. The molecule has 1 aromatic heterocycles. The van der Waals surface area contributed by atoms with E-state index in [9.17, 15) is 4.79 Å². The number of nitrogens with one attached hydrogen (secondary N) is 1. The van der Waals surface area contributed by atoms with Gasteiger partial charge < -0.3 is 5.32 Å². The molecule has 1 aliphatic rings. The van der Waals surface area contributed by atoms with E-state index in [4.69, 9.17) is 4.98 Å². The minimum Gasteiger partial charge on any atom is -0.349 e. The molecule has 0 saturated heterocycles. The summed E-state index contributed by atoms with van der Waals surface area (Å²) in [6.07, 6.45) is 8.46. The second kappa shape index (κ2) is 8.77. The summed E-state index contributed by atoms with van der Waals surface area (Å²) in [7, 11) is 0. The predicted octanol–water partition coefficient (Wildman–Crippen LogP) is 6.36. The lowest BCUT2D eigenvalue weighted by Gasteiger charge is -2.21. The van der Waals surface area contributed by atoms with Crippen LogP contribution in [0.15, 0.2) is 48.5 Å². The first-order valence-corrected chi connectivity index (χ1v) is 10.9. The average Bonchev–Trinajstić information content (AvgIpc) is 2.71. The van der Waals surface area contributed by atoms with E-state index < -0.39 is 0 Å². The van der Waals surface area contributed by atoms with Crippen molar-refractivity contribution in [3.05, 3.63) is 65.2 Å². The zero-order valence-electron chi connectivity index (χ0n) is 17.5. The van der Waals surface area contributed by atoms with Gasteiger partial charge in [0.15, 0.2) is 0 Å². The lowest BCUT2D eigenvalue weighted by atomic mass is 9.96. The average molecular weight is 387 g/mol. The molecule has 1 amide bonds. The maximum Gasteiger partial charge on any atom is 0.252 e. The molecule has 2 aromatic carbocycles. The highest BCUT2D eigenvalue weighted by Crippen LogP contribution is 2.27. The Hall–Kier alpha value is -2.68. The summed E-state index contributed by atoms with van der Waals surface area (Å²) in [5, 5.41) is 4.25. The van der Waals surface area contributed by atoms with E-state index in [-0.39, 0.29) is 11.9 Å². The Bertz CT molecular complexity index is 1020. The summed E-state index contributed by atoms with van der Waals surface area (Å²) in [4.78, 5) is 18.1. The third kappa shape index (κ3) is 4.50. The smallest absolute Gasteiger partial charge is 0.252 e. The normalized spacial score (nSPS) is 15.7. The Morgan fingerprint density at radius 1 is 0.897 bits per heavy atom. The van der Waals surface area contributed by atoms with Crippen molar-refractivity contribution in [3.8, 4) is 11.3 Å². The van der Waals surface area contributed by atoms with Crippen molar-refractivity contribution in [3.63, 3.8) is 0 Å². The lowest BCUT2D eigenvalue weighted by molar-refractivity contribution is 0.0932. The van der Waals surface area contributed by atoms with Gasteiger partial charge in [-0.1, -0.05) is 62.4 Å². The van der Waals surface area contributed by atoms with Crippen LogP contribution in [-0.4, -0.2) is 16.9 Å². The molecular formula is C26H30N2O. The van der Waals surface area contributed by atoms with Gasteiger partial charge in [-0.3, -0.25) is 4.79 Å². The van der Waals surface area contributed by atoms with Crippen LogP contribution in [0.5, 0.6) is 0 Å². The van der Waals surface area contributed by atoms with Crippen molar-refractivity contribution < 1.29 is 4.79 Å². The number of carbonyl (C=O) groups excluding carboxylic acids is 1. The molecule has 4 rings (SSSR count). The molecule has 0 atom stereocenters. The number of nitrogens with zero attached hydrogens (tertiary/aromatic N) is 1. The first-order valence-electron chi connectivity index (χ1n) is 10.9. The molecule has 3 heteroatoms. The van der Waals surface area contributed by atoms with Gasteiger partial charge in [0.05, 0.1) is 16.8 Å². The standard InChI is InChI=1S/C26H30N2O/c1-18-14-15-20(16-19(18)2)25-17-23(22-12-8-9-13-24(22)28-25)26(29)27-21-10-6-4-3-5-7-11-21/h8-9,12-17,21H,3-7,10-11H2,1-2H3,(H,27,29). The summed E-state index contributed by atoms with van der Waals surface area (Å²) in [6, 6.07) is 16.6. The number of hydrogen-bond donors (Lipinski definition) is 1. The number of fused-ring (bicyclic) bond motifs is 1. The van der Waals surface area contributed by atoms with Gasteiger partial charge in [-0.2, -0.15) is 0 Å². The minimum absolute atomic E-state index is 0.0271. The van der Waals surface area contributed by atoms with Crippen LogP contribution >= 0.6 is 0 Å². The molecule has 0 aliphatic heterocycles. The second-order valence-corrected chi connectivity index (χ2v) is 8.39. The molecule has 1 heterocycles. The Balaban J connectivity index is 1.70. The highest BCUT2D eigenvalue weighted by molar-refractivity contribution is 6.07. The summed E-state index contributed by atoms with van der Waals surface area (Å²) in [6.45, 7) is 4.23. The number of rotatable bonds is 3. The second-order valence-electron chi connectivity index (χ2n) is 8.39. The molecule has 0 bridgehead atoms. The maximum atomic E-state index is 13.3. The van der Waals surface area contributed by atoms with E-state index in [1.54, 1.807) is 0 Å². The Morgan fingerprint density at radius 3 is 2.38 bits per heavy atom. The summed E-state index contributed by atoms with van der Waals surface area (Å²) >= 11 is 0. The third-order valence-corrected chi connectivity index (χ3v) is 6.20. The van der Waals surface area contributed by atoms with E-state index >= 15 is 0 Å². The van der Waals surface area contributed by atoms with Crippen LogP contribution in [0.1, 0.15) is 66.4 Å². The number of pyridine rings is 1. The first-order chi connectivity index (χ1) is 14.1. The fourth-order valence-electron chi connectivity index (χ4n) is 4.28. The molecule has 1 fully saturated rings. The number of benzene rings is 2. The SMILES string of the molecule is Cc1ccc(-c2cc(C(=O)NC3CCCCCCC3)c3ccccc3n2)cc1C. The van der Waals surface area contributed by atoms with E-state index in [1.165, 1.54) is 43.2 Å². The zero-order valence-corrected chi connectivity index (χ0v) is 17.5. The van der Waals surface area contributed by atoms with E-state index in [2.05, 4.69) is 37.4 Å². The van der Waals surface area contributed by atoms with Gasteiger partial charge in [0.1, 0.15) is 0 Å². The summed E-state index contributed by atoms with van der Waals surface area (Å²) < 4.78 is 0. The number of amides is 1. The van der Waals surface area contributed by atoms with Gasteiger partial charge in [0.25, 0.3) is 5.91 Å². The first kappa shape index (κ1) is 19.6. The number of aromatic nitrogens is 1. The highest BCUT2D eigenvalue weighted by atomic mass is 16.1. The molecule has 1 aliphatic carbocycles. The Kier molecular flexibility index (Phi) is 5.94. The number of carbonyl (C=O) groups is 1. The summed E-state index contributed by atoms with van der Waals surface area (Å²) in [5.74, 6) is 0.0271. The predicted molar refractivity (Wildman–Crippen MR) is 120 cm³/mol. The fraction of sp³-hybridized carbons (Fsp3) is 0.385. The number of aryl methyl sites for hydroxylation is 2. The molecule has 29 heavy (non-hydrogen) atoms. The summed E-state index contributed by atoms with van der Waals surface area (Å²) in [5.41, 5.74) is 6.00. The Morgan fingerprint density at radius 2 is 1.62 bits per heavy atom. The van der Waals surface area contributed by atoms with E-state index in [1.807, 2.05) is 30.3 Å². The molecule has 150 valence electrons. The van der Waals surface area contributed by atoms with Crippen LogP contribution in [0.25, 0.3) is 22.2 Å². The highest BCUT2D eigenvalue weighted by Gasteiger charge is 2.18. The molecule has 1 N–H and O–H groups in total. The fourth-order valence-corrected chi connectivity index (χ4v) is 4.28. The van der Waals surface area contributed by atoms with Gasteiger partial charge in [0.2, 0.25) is 0 Å². The molecular weight excluding hydrogens is 356 g/mol. The van der Waals surface area contributed by atoms with Gasteiger partial charge in [-0.05, 0) is 56.0 Å². The van der Waals surface area contributed by atoms with Crippen molar-refractivity contribution >= 4 is 16.8 Å². The van der Waals surface area contributed by atoms with Crippen LogP contribution in [-0.2, 0) is 0 Å². The van der Waals surface area contributed by atoms with Crippen molar-refractivity contribution in [2.75, 3.05) is 0 Å². The molecule has 1 saturated carbocycles. The van der Waals surface area contributed by atoms with Crippen molar-refractivity contribution in [1.82, 2.24) is 10.3 Å². The van der Waals surface area contributed by atoms with Crippen molar-refractivity contribution in [1.29, 1.82) is 0 Å². The van der Waals surface area contributed by atoms with Crippen LogP contribution in [0.3, 0.4) is 0 Å². The van der Waals surface area contributed by atoms with E-state index in [0.717, 1.165) is 40.6 Å². The molecule has 3 nitrogen and oxygen atoms in total. The van der Waals surface area contributed by atoms with Crippen molar-refractivity contribution in [2.45, 2.75) is 64.8 Å². The largest absolute Gasteiger partial charge is 0.349 e. The maximum absolute atomic E-state index is 13.3. The molecule has 0 unspecified atom stereocenters. The Labute approximate surface area is 173 Å². The monoisotopic (exact) mass is 386 g/mol. The quantitative estimate of drug-likeness (QED) is 0.569. The molecule has 3 aromatic rings.